The Labute approximate surface area is 170 Å². The van der Waals surface area contributed by atoms with Crippen LogP contribution in [0, 0.1) is 0 Å². The van der Waals surface area contributed by atoms with E-state index in [2.05, 4.69) is 4.72 Å². The molecule has 1 heterocycles. The molecule has 0 bridgehead atoms. The van der Waals surface area contributed by atoms with E-state index >= 15 is 0 Å². The number of anilines is 2. The molecular weight excluding hydrogens is 426 g/mol. The van der Waals surface area contributed by atoms with Crippen LogP contribution in [0.1, 0.15) is 11.1 Å². The second-order valence-electron chi connectivity index (χ2n) is 6.55. The van der Waals surface area contributed by atoms with Crippen LogP contribution in [-0.2, 0) is 32.5 Å². The van der Waals surface area contributed by atoms with E-state index in [-0.39, 0.29) is 34.9 Å². The first kappa shape index (κ1) is 21.9. The average Bonchev–Trinajstić information content (AvgIpc) is 3.01. The summed E-state index contributed by atoms with van der Waals surface area (Å²) in [5.41, 5.74) is 7.35. The highest BCUT2D eigenvalue weighted by Gasteiger charge is 2.38. The number of hydrogen-bond donors (Lipinski definition) is 4. The predicted molar refractivity (Wildman–Crippen MR) is 103 cm³/mol. The molecule has 0 atom stereocenters. The molecule has 0 aliphatic carbocycles. The van der Waals surface area contributed by atoms with E-state index in [4.69, 9.17) is 10.4 Å². The molecule has 0 fully saturated rings. The average molecular weight is 443 g/mol. The number of hydrogen-bond acceptors (Lipinski definition) is 6. The maximum absolute atomic E-state index is 12.9. The molecule has 30 heavy (non-hydrogen) atoms. The molecule has 0 saturated heterocycles. The van der Waals surface area contributed by atoms with Gasteiger partial charge in [-0.05, 0) is 53.3 Å². The van der Waals surface area contributed by atoms with Crippen molar-refractivity contribution in [3.63, 3.8) is 0 Å². The first-order chi connectivity index (χ1) is 14.0. The molecule has 8 nitrogen and oxygen atoms in total. The Morgan fingerprint density at radius 3 is 2.67 bits per heavy atom. The van der Waals surface area contributed by atoms with E-state index < -0.39 is 35.8 Å². The maximum Gasteiger partial charge on any atom is 0.491 e. The smallest absolute Gasteiger partial charge is 0.423 e. The predicted octanol–water partition coefficient (Wildman–Crippen LogP) is 0.508. The van der Waals surface area contributed by atoms with Crippen molar-refractivity contribution >= 4 is 39.9 Å². The number of alkyl halides is 3. The first-order valence-corrected chi connectivity index (χ1v) is 10.1. The Morgan fingerprint density at radius 2 is 1.97 bits per heavy atom. The summed E-state index contributed by atoms with van der Waals surface area (Å²) in [6, 6.07) is 8.43. The number of rotatable bonds is 6. The van der Waals surface area contributed by atoms with Gasteiger partial charge in [-0.25, -0.2) is 8.42 Å². The summed E-state index contributed by atoms with van der Waals surface area (Å²) in [6.45, 7) is -0.234. The summed E-state index contributed by atoms with van der Waals surface area (Å²) in [7, 11) is -5.30. The number of nitrogen functional groups attached to an aromatic ring is 1. The largest absolute Gasteiger partial charge is 0.491 e. The molecule has 3 rings (SSSR count). The highest BCUT2D eigenvalue weighted by Crippen LogP contribution is 2.23. The molecule has 1 aliphatic rings. The zero-order chi connectivity index (χ0) is 22.1. The van der Waals surface area contributed by atoms with Gasteiger partial charge in [-0.3, -0.25) is 9.52 Å². The third-order valence-corrected chi connectivity index (χ3v) is 5.85. The van der Waals surface area contributed by atoms with Gasteiger partial charge in [0.1, 0.15) is 0 Å². The minimum Gasteiger partial charge on any atom is -0.423 e. The SMILES string of the molecule is Nc1ccc(S(=O)(=O)Nc2ccc3c(c2)B(O)OC3)c(CCNC(=O)C(F)(F)F)c1. The van der Waals surface area contributed by atoms with E-state index in [0.717, 1.165) is 5.56 Å². The molecular formula is C17H17BF3N3O5S. The van der Waals surface area contributed by atoms with Gasteiger partial charge in [0.05, 0.1) is 11.5 Å². The van der Waals surface area contributed by atoms with E-state index in [1.54, 1.807) is 11.4 Å². The second-order valence-corrected chi connectivity index (χ2v) is 8.20. The topological polar surface area (TPSA) is 131 Å². The van der Waals surface area contributed by atoms with Crippen molar-refractivity contribution in [3.05, 3.63) is 47.5 Å². The van der Waals surface area contributed by atoms with Gasteiger partial charge in [-0.2, -0.15) is 13.2 Å². The number of amides is 1. The van der Waals surface area contributed by atoms with Crippen LogP contribution < -0.4 is 21.2 Å². The number of carbonyl (C=O) groups is 1. The van der Waals surface area contributed by atoms with Gasteiger partial charge < -0.3 is 20.7 Å². The van der Waals surface area contributed by atoms with Gasteiger partial charge >= 0.3 is 19.2 Å². The number of nitrogens with two attached hydrogens (primary N) is 1. The van der Waals surface area contributed by atoms with Crippen molar-refractivity contribution in [1.82, 2.24) is 5.32 Å². The molecule has 0 unspecified atom stereocenters. The van der Waals surface area contributed by atoms with E-state index in [9.17, 15) is 31.4 Å². The monoisotopic (exact) mass is 443 g/mol. The molecule has 0 saturated carbocycles. The molecule has 0 radical (unpaired) electrons. The molecule has 5 N–H and O–H groups in total. The summed E-state index contributed by atoms with van der Waals surface area (Å²) in [5.74, 6) is -2.12. The minimum atomic E-state index is -5.03. The van der Waals surface area contributed by atoms with Crippen molar-refractivity contribution in [3.8, 4) is 0 Å². The van der Waals surface area contributed by atoms with Gasteiger partial charge in [0.2, 0.25) is 0 Å². The quantitative estimate of drug-likeness (QED) is 0.380. The number of sulfonamides is 1. The van der Waals surface area contributed by atoms with Gasteiger partial charge in [0, 0.05) is 17.9 Å². The van der Waals surface area contributed by atoms with Crippen LogP contribution in [0.3, 0.4) is 0 Å². The molecule has 1 aliphatic heterocycles. The Morgan fingerprint density at radius 1 is 1.23 bits per heavy atom. The Hall–Kier alpha value is -2.77. The van der Waals surface area contributed by atoms with Crippen LogP contribution >= 0.6 is 0 Å². The maximum atomic E-state index is 12.9. The Kier molecular flexibility index (Phi) is 5.97. The lowest BCUT2D eigenvalue weighted by molar-refractivity contribution is -0.173. The van der Waals surface area contributed by atoms with Gasteiger partial charge in [0.15, 0.2) is 0 Å². The lowest BCUT2D eigenvalue weighted by Gasteiger charge is -2.14. The fraction of sp³-hybridized carbons (Fsp3) is 0.235. The van der Waals surface area contributed by atoms with E-state index in [1.165, 1.54) is 30.3 Å². The number of halogens is 3. The van der Waals surface area contributed by atoms with Gasteiger partial charge in [-0.1, -0.05) is 6.07 Å². The highest BCUT2D eigenvalue weighted by molar-refractivity contribution is 7.92. The zero-order valence-electron chi connectivity index (χ0n) is 15.4. The first-order valence-electron chi connectivity index (χ1n) is 8.66. The van der Waals surface area contributed by atoms with Gasteiger partial charge in [-0.15, -0.1) is 0 Å². The molecule has 1 amide bonds. The second kappa shape index (κ2) is 8.16. The van der Waals surface area contributed by atoms with Crippen LogP contribution in [0.25, 0.3) is 0 Å². The lowest BCUT2D eigenvalue weighted by atomic mass is 9.79. The van der Waals surface area contributed by atoms with Crippen LogP contribution in [0.4, 0.5) is 24.5 Å². The molecule has 0 aromatic heterocycles. The number of nitrogens with one attached hydrogen (secondary N) is 2. The van der Waals surface area contributed by atoms with Crippen LogP contribution in [-0.4, -0.2) is 39.2 Å². The fourth-order valence-corrected chi connectivity index (χ4v) is 4.26. The van der Waals surface area contributed by atoms with Crippen LogP contribution in [0.5, 0.6) is 0 Å². The van der Waals surface area contributed by atoms with Crippen LogP contribution in [0.15, 0.2) is 41.3 Å². The highest BCUT2D eigenvalue weighted by atomic mass is 32.2. The summed E-state index contributed by atoms with van der Waals surface area (Å²) in [4.78, 5) is 10.7. The lowest BCUT2D eigenvalue weighted by Crippen LogP contribution is -2.37. The van der Waals surface area contributed by atoms with Crippen molar-refractivity contribution in [1.29, 1.82) is 0 Å². The van der Waals surface area contributed by atoms with Crippen molar-refractivity contribution in [2.24, 2.45) is 0 Å². The number of fused-ring (bicyclic) bond motifs is 1. The fourth-order valence-electron chi connectivity index (χ4n) is 2.96. The van der Waals surface area contributed by atoms with Crippen molar-refractivity contribution in [2.45, 2.75) is 24.1 Å². The minimum absolute atomic E-state index is 0.134. The molecule has 2 aromatic carbocycles. The van der Waals surface area contributed by atoms with Gasteiger partial charge in [0.25, 0.3) is 10.0 Å². The summed E-state index contributed by atoms with van der Waals surface area (Å²) < 4.78 is 70.1. The summed E-state index contributed by atoms with van der Waals surface area (Å²) in [5, 5.41) is 11.5. The van der Waals surface area contributed by atoms with E-state index in [0.29, 0.717) is 5.46 Å². The summed E-state index contributed by atoms with van der Waals surface area (Å²) >= 11 is 0. The zero-order valence-corrected chi connectivity index (χ0v) is 16.2. The van der Waals surface area contributed by atoms with E-state index in [1.807, 2.05) is 0 Å². The molecule has 160 valence electrons. The van der Waals surface area contributed by atoms with Crippen molar-refractivity contribution < 1.29 is 36.1 Å². The van der Waals surface area contributed by atoms with Crippen LogP contribution in [0.2, 0.25) is 0 Å². The molecule has 2 aromatic rings. The number of benzene rings is 2. The third-order valence-electron chi connectivity index (χ3n) is 4.37. The molecule has 0 spiro atoms. The molecule has 13 heteroatoms. The Balaban J connectivity index is 1.80. The normalized spacial score (nSPS) is 13.8. The van der Waals surface area contributed by atoms with Crippen molar-refractivity contribution in [2.75, 3.05) is 17.0 Å². The standard InChI is InChI=1S/C17H17BF3N3O5S/c19-17(20,21)16(25)23-6-5-10-7-12(22)2-4-15(10)30(27,28)24-13-3-1-11-9-29-18(26)14(11)8-13/h1-4,7-8,24,26H,5-6,9,22H2,(H,23,25). The number of carbonyl (C=O) groups excluding carboxylic acids is 1. The third kappa shape index (κ3) is 4.86. The Bertz CT molecular complexity index is 1080. The summed E-state index contributed by atoms with van der Waals surface area (Å²) in [6.07, 6.45) is -5.23.